The van der Waals surface area contributed by atoms with Crippen LogP contribution in [0.5, 0.6) is 5.75 Å². The van der Waals surface area contributed by atoms with Crippen molar-refractivity contribution in [1.82, 2.24) is 10.1 Å². The highest BCUT2D eigenvalue weighted by molar-refractivity contribution is 5.63. The highest BCUT2D eigenvalue weighted by Gasteiger charge is 2.17. The van der Waals surface area contributed by atoms with Crippen LogP contribution in [0, 0.1) is 6.92 Å². The van der Waals surface area contributed by atoms with Gasteiger partial charge < -0.3 is 14.4 Å². The molecule has 0 saturated heterocycles. The topological polar surface area (TPSA) is 68.4 Å². The molecule has 1 heterocycles. The van der Waals surface area contributed by atoms with Gasteiger partial charge in [-0.05, 0) is 25.5 Å². The molecule has 5 nitrogen and oxygen atoms in total. The summed E-state index contributed by atoms with van der Waals surface area (Å²) >= 11 is 0. The number of ether oxygens (including phenoxy) is 1. The van der Waals surface area contributed by atoms with Crippen molar-refractivity contribution in [2.75, 3.05) is 7.11 Å². The second kappa shape index (κ2) is 5.18. The van der Waals surface area contributed by atoms with Gasteiger partial charge in [0.25, 0.3) is 5.89 Å². The van der Waals surface area contributed by atoms with Gasteiger partial charge in [0.2, 0.25) is 5.82 Å². The standard InChI is InChI=1S/C13H16N2O3/c1-4-10(16)12-14-13(18-15-12)9-7-8(2)5-6-11(9)17-3/h5-7,10,16H,4H2,1-3H3. The minimum absolute atomic E-state index is 0.302. The van der Waals surface area contributed by atoms with Crippen molar-refractivity contribution < 1.29 is 14.4 Å². The van der Waals surface area contributed by atoms with Gasteiger partial charge in [-0.3, -0.25) is 0 Å². The number of aliphatic hydroxyl groups is 1. The van der Waals surface area contributed by atoms with Crippen LogP contribution in [0.3, 0.4) is 0 Å². The number of methoxy groups -OCH3 is 1. The molecule has 0 aliphatic carbocycles. The third-order valence-electron chi connectivity index (χ3n) is 2.71. The van der Waals surface area contributed by atoms with Crippen LogP contribution in [0.2, 0.25) is 0 Å². The number of aliphatic hydroxyl groups excluding tert-OH is 1. The van der Waals surface area contributed by atoms with E-state index in [0.29, 0.717) is 23.9 Å². The van der Waals surface area contributed by atoms with Gasteiger partial charge in [-0.15, -0.1) is 0 Å². The lowest BCUT2D eigenvalue weighted by atomic mass is 10.1. The summed E-state index contributed by atoms with van der Waals surface area (Å²) in [5.74, 6) is 1.33. The predicted molar refractivity (Wildman–Crippen MR) is 66.3 cm³/mol. The second-order valence-corrected chi connectivity index (χ2v) is 4.09. The summed E-state index contributed by atoms with van der Waals surface area (Å²) in [6.45, 7) is 3.83. The first kappa shape index (κ1) is 12.6. The molecular weight excluding hydrogens is 232 g/mol. The minimum atomic E-state index is -0.696. The molecule has 0 spiro atoms. The molecule has 0 bridgehead atoms. The Labute approximate surface area is 105 Å². The largest absolute Gasteiger partial charge is 0.496 e. The molecule has 1 aromatic carbocycles. The summed E-state index contributed by atoms with van der Waals surface area (Å²) in [7, 11) is 1.59. The molecule has 18 heavy (non-hydrogen) atoms. The quantitative estimate of drug-likeness (QED) is 0.900. The van der Waals surface area contributed by atoms with Gasteiger partial charge in [0.1, 0.15) is 11.9 Å². The third kappa shape index (κ3) is 2.36. The van der Waals surface area contributed by atoms with Crippen molar-refractivity contribution in [3.8, 4) is 17.2 Å². The summed E-state index contributed by atoms with van der Waals surface area (Å²) in [6.07, 6.45) is -0.150. The van der Waals surface area contributed by atoms with Crippen LogP contribution in [0.15, 0.2) is 22.7 Å². The van der Waals surface area contributed by atoms with Crippen LogP contribution in [0.4, 0.5) is 0 Å². The van der Waals surface area contributed by atoms with Crippen LogP contribution in [-0.4, -0.2) is 22.4 Å². The number of aryl methyl sites for hydroxylation is 1. The highest BCUT2D eigenvalue weighted by Crippen LogP contribution is 2.30. The maximum absolute atomic E-state index is 9.65. The summed E-state index contributed by atoms with van der Waals surface area (Å²) in [5, 5.41) is 13.4. The van der Waals surface area contributed by atoms with Crippen molar-refractivity contribution in [3.63, 3.8) is 0 Å². The SMILES string of the molecule is CCC(O)c1noc(-c2cc(C)ccc2OC)n1. The number of aromatic nitrogens is 2. The normalized spacial score (nSPS) is 12.4. The van der Waals surface area contributed by atoms with E-state index < -0.39 is 6.10 Å². The Morgan fingerprint density at radius 1 is 1.44 bits per heavy atom. The molecule has 2 aromatic rings. The van der Waals surface area contributed by atoms with E-state index in [4.69, 9.17) is 9.26 Å². The van der Waals surface area contributed by atoms with Gasteiger partial charge in [0, 0.05) is 0 Å². The van der Waals surface area contributed by atoms with E-state index in [1.807, 2.05) is 32.0 Å². The minimum Gasteiger partial charge on any atom is -0.496 e. The molecule has 5 heteroatoms. The molecule has 0 aliphatic rings. The molecular formula is C13H16N2O3. The Hall–Kier alpha value is -1.88. The Morgan fingerprint density at radius 3 is 2.89 bits per heavy atom. The molecule has 0 radical (unpaired) electrons. The van der Waals surface area contributed by atoms with Gasteiger partial charge in [-0.25, -0.2) is 0 Å². The van der Waals surface area contributed by atoms with Gasteiger partial charge >= 0.3 is 0 Å². The van der Waals surface area contributed by atoms with E-state index in [2.05, 4.69) is 10.1 Å². The Kier molecular flexibility index (Phi) is 3.62. The van der Waals surface area contributed by atoms with E-state index in [-0.39, 0.29) is 0 Å². The number of hydrogen-bond donors (Lipinski definition) is 1. The Balaban J connectivity index is 2.42. The zero-order valence-corrected chi connectivity index (χ0v) is 10.7. The van der Waals surface area contributed by atoms with Crippen molar-refractivity contribution in [2.45, 2.75) is 26.4 Å². The van der Waals surface area contributed by atoms with E-state index in [0.717, 1.165) is 11.1 Å². The number of hydrogen-bond acceptors (Lipinski definition) is 5. The molecule has 1 N–H and O–H groups in total. The average molecular weight is 248 g/mol. The molecule has 1 unspecified atom stereocenters. The van der Waals surface area contributed by atoms with E-state index >= 15 is 0 Å². The first-order valence-electron chi connectivity index (χ1n) is 5.82. The number of benzene rings is 1. The molecule has 1 aromatic heterocycles. The fraction of sp³-hybridized carbons (Fsp3) is 0.385. The Morgan fingerprint density at radius 2 is 2.22 bits per heavy atom. The summed E-state index contributed by atoms with van der Waals surface area (Å²) in [5.41, 5.74) is 1.81. The molecule has 0 fully saturated rings. The smallest absolute Gasteiger partial charge is 0.261 e. The van der Waals surface area contributed by atoms with Crippen molar-refractivity contribution in [1.29, 1.82) is 0 Å². The van der Waals surface area contributed by atoms with E-state index in [1.165, 1.54) is 0 Å². The maximum atomic E-state index is 9.65. The molecule has 0 saturated carbocycles. The third-order valence-corrected chi connectivity index (χ3v) is 2.71. The van der Waals surface area contributed by atoms with Crippen molar-refractivity contribution in [2.24, 2.45) is 0 Å². The first-order valence-corrected chi connectivity index (χ1v) is 5.82. The van der Waals surface area contributed by atoms with Crippen molar-refractivity contribution in [3.05, 3.63) is 29.6 Å². The summed E-state index contributed by atoms with van der Waals surface area (Å²) in [4.78, 5) is 4.19. The van der Waals surface area contributed by atoms with Gasteiger partial charge in [0.05, 0.1) is 12.7 Å². The van der Waals surface area contributed by atoms with Crippen LogP contribution in [0.25, 0.3) is 11.5 Å². The second-order valence-electron chi connectivity index (χ2n) is 4.09. The van der Waals surface area contributed by atoms with Crippen LogP contribution in [0.1, 0.15) is 30.8 Å². The Bertz CT molecular complexity index is 537. The molecule has 2 rings (SSSR count). The summed E-state index contributed by atoms with van der Waals surface area (Å²) < 4.78 is 10.4. The number of rotatable bonds is 4. The summed E-state index contributed by atoms with van der Waals surface area (Å²) in [6, 6.07) is 5.71. The van der Waals surface area contributed by atoms with E-state index in [1.54, 1.807) is 7.11 Å². The average Bonchev–Trinajstić information content (AvgIpc) is 2.87. The molecule has 1 atom stereocenters. The monoisotopic (exact) mass is 248 g/mol. The lowest BCUT2D eigenvalue weighted by molar-refractivity contribution is 0.159. The highest BCUT2D eigenvalue weighted by atomic mass is 16.5. The van der Waals surface area contributed by atoms with Gasteiger partial charge in [0.15, 0.2) is 0 Å². The zero-order valence-electron chi connectivity index (χ0n) is 10.7. The predicted octanol–water partition coefficient (Wildman–Crippen LogP) is 2.50. The zero-order chi connectivity index (χ0) is 13.1. The fourth-order valence-corrected chi connectivity index (χ4v) is 1.65. The van der Waals surface area contributed by atoms with Crippen LogP contribution in [-0.2, 0) is 0 Å². The lowest BCUT2D eigenvalue weighted by Crippen LogP contribution is -1.97. The molecule has 0 aliphatic heterocycles. The molecule has 0 amide bonds. The van der Waals surface area contributed by atoms with Crippen LogP contribution < -0.4 is 4.74 Å². The lowest BCUT2D eigenvalue weighted by Gasteiger charge is -2.05. The molecule has 96 valence electrons. The number of nitrogens with zero attached hydrogens (tertiary/aromatic N) is 2. The first-order chi connectivity index (χ1) is 8.65. The fourth-order valence-electron chi connectivity index (χ4n) is 1.65. The van der Waals surface area contributed by atoms with Gasteiger partial charge in [-0.1, -0.05) is 23.7 Å². The maximum Gasteiger partial charge on any atom is 0.261 e. The van der Waals surface area contributed by atoms with E-state index in [9.17, 15) is 5.11 Å². The van der Waals surface area contributed by atoms with Crippen LogP contribution >= 0.6 is 0 Å². The van der Waals surface area contributed by atoms with Crippen molar-refractivity contribution >= 4 is 0 Å². The van der Waals surface area contributed by atoms with Gasteiger partial charge in [-0.2, -0.15) is 4.98 Å².